The van der Waals surface area contributed by atoms with E-state index in [4.69, 9.17) is 0 Å². The molecular formula is C22H26N2O2S. The molecule has 142 valence electrons. The Labute approximate surface area is 162 Å². The molecule has 27 heavy (non-hydrogen) atoms. The first kappa shape index (κ1) is 18.4. The second-order valence-electron chi connectivity index (χ2n) is 7.64. The van der Waals surface area contributed by atoms with Crippen LogP contribution < -0.4 is 0 Å². The van der Waals surface area contributed by atoms with Crippen LogP contribution in [0.2, 0.25) is 0 Å². The van der Waals surface area contributed by atoms with Gasteiger partial charge in [-0.3, -0.25) is 4.90 Å². The van der Waals surface area contributed by atoms with Crippen molar-refractivity contribution in [3.8, 4) is 0 Å². The fraction of sp³-hybridized carbons (Fsp3) is 0.364. The maximum absolute atomic E-state index is 12.4. The molecule has 2 aromatic carbocycles. The summed E-state index contributed by atoms with van der Waals surface area (Å²) in [7, 11) is -3.21. The quantitative estimate of drug-likeness (QED) is 0.797. The Morgan fingerprint density at radius 1 is 0.963 bits per heavy atom. The number of hydrogen-bond donors (Lipinski definition) is 0. The zero-order chi connectivity index (χ0) is 18.9. The van der Waals surface area contributed by atoms with Gasteiger partial charge in [0.1, 0.15) is 0 Å². The van der Waals surface area contributed by atoms with Crippen molar-refractivity contribution in [2.75, 3.05) is 32.4 Å². The molecule has 2 aliphatic rings. The van der Waals surface area contributed by atoms with Crippen molar-refractivity contribution >= 4 is 16.1 Å². The summed E-state index contributed by atoms with van der Waals surface area (Å²) >= 11 is 0. The molecule has 0 aliphatic carbocycles. The van der Waals surface area contributed by atoms with Crippen LogP contribution in [0.3, 0.4) is 0 Å². The molecule has 2 saturated heterocycles. The predicted molar refractivity (Wildman–Crippen MR) is 110 cm³/mol. The number of rotatable bonds is 5. The highest BCUT2D eigenvalue weighted by Crippen LogP contribution is 2.45. The summed E-state index contributed by atoms with van der Waals surface area (Å²) in [5, 5.41) is 0. The third kappa shape index (κ3) is 4.00. The molecule has 2 aliphatic heterocycles. The van der Waals surface area contributed by atoms with Gasteiger partial charge in [0.25, 0.3) is 0 Å². The van der Waals surface area contributed by atoms with Gasteiger partial charge in [0, 0.05) is 26.2 Å². The fourth-order valence-corrected chi connectivity index (χ4v) is 5.71. The normalized spacial score (nSPS) is 26.6. The van der Waals surface area contributed by atoms with Gasteiger partial charge in [-0.2, -0.15) is 4.31 Å². The van der Waals surface area contributed by atoms with Crippen LogP contribution in [0.25, 0.3) is 6.08 Å². The minimum absolute atomic E-state index is 0.0469. The highest BCUT2D eigenvalue weighted by atomic mass is 32.2. The summed E-state index contributed by atoms with van der Waals surface area (Å²) in [6.45, 7) is 3.43. The number of likely N-dealkylation sites (tertiary alicyclic amines) is 1. The molecule has 0 saturated carbocycles. The minimum atomic E-state index is -3.21. The smallest absolute Gasteiger partial charge is 0.211 e. The van der Waals surface area contributed by atoms with Gasteiger partial charge in [-0.1, -0.05) is 72.8 Å². The van der Waals surface area contributed by atoms with Crippen LogP contribution in [0.4, 0.5) is 0 Å². The lowest BCUT2D eigenvalue weighted by atomic mass is 9.90. The maximum Gasteiger partial charge on any atom is 0.211 e. The van der Waals surface area contributed by atoms with E-state index in [1.54, 1.807) is 4.31 Å². The lowest BCUT2D eigenvalue weighted by Crippen LogP contribution is -2.35. The molecule has 0 spiro atoms. The number of hydrogen-bond acceptors (Lipinski definition) is 3. The molecule has 4 nitrogen and oxygen atoms in total. The van der Waals surface area contributed by atoms with E-state index in [0.717, 1.165) is 25.2 Å². The number of benzene rings is 2. The largest absolute Gasteiger partial charge is 0.299 e. The molecule has 0 aromatic heterocycles. The van der Waals surface area contributed by atoms with Crippen LogP contribution >= 0.6 is 0 Å². The Bertz CT molecular complexity index is 896. The standard InChI is InChI=1S/C22H26N2O2S/c1-27(25,26)24-16-20-15-23(14-8-11-18-9-4-2-5-10-18)17-21(20)22(24)19-12-6-3-7-13-19/h2-13,20-22H,14-17H2,1H3/b11-8+/t20-,21-,22+/m1/s1. The van der Waals surface area contributed by atoms with Gasteiger partial charge < -0.3 is 0 Å². The molecule has 0 bridgehead atoms. The molecule has 2 aromatic rings. The summed E-state index contributed by atoms with van der Waals surface area (Å²) in [6.07, 6.45) is 5.71. The third-order valence-corrected chi connectivity index (χ3v) is 6.97. The van der Waals surface area contributed by atoms with E-state index in [2.05, 4.69) is 41.3 Å². The van der Waals surface area contributed by atoms with Gasteiger partial charge in [-0.15, -0.1) is 0 Å². The van der Waals surface area contributed by atoms with Crippen molar-refractivity contribution in [3.63, 3.8) is 0 Å². The van der Waals surface area contributed by atoms with E-state index in [-0.39, 0.29) is 6.04 Å². The molecule has 2 fully saturated rings. The Morgan fingerprint density at radius 2 is 1.63 bits per heavy atom. The SMILES string of the molecule is CS(=O)(=O)N1C[C@H]2CN(C/C=C/c3ccccc3)C[C@H]2[C@@H]1c1ccccc1. The lowest BCUT2D eigenvalue weighted by Gasteiger charge is -2.27. The summed E-state index contributed by atoms with van der Waals surface area (Å²) in [5.41, 5.74) is 2.32. The van der Waals surface area contributed by atoms with Gasteiger partial charge in [0.05, 0.1) is 12.3 Å². The van der Waals surface area contributed by atoms with Crippen molar-refractivity contribution in [2.24, 2.45) is 11.8 Å². The van der Waals surface area contributed by atoms with Crippen LogP contribution in [0, 0.1) is 11.8 Å². The lowest BCUT2D eigenvalue weighted by molar-refractivity contribution is 0.283. The van der Waals surface area contributed by atoms with E-state index < -0.39 is 10.0 Å². The Morgan fingerprint density at radius 3 is 2.30 bits per heavy atom. The third-order valence-electron chi connectivity index (χ3n) is 5.74. The number of nitrogens with zero attached hydrogens (tertiary/aromatic N) is 2. The van der Waals surface area contributed by atoms with Gasteiger partial charge in [-0.25, -0.2) is 8.42 Å². The summed E-state index contributed by atoms with van der Waals surface area (Å²) < 4.78 is 26.4. The van der Waals surface area contributed by atoms with Gasteiger partial charge in [0.2, 0.25) is 10.0 Å². The molecule has 4 rings (SSSR count). The Hall–Kier alpha value is -1.95. The van der Waals surface area contributed by atoms with Crippen molar-refractivity contribution in [2.45, 2.75) is 6.04 Å². The molecule has 0 N–H and O–H groups in total. The van der Waals surface area contributed by atoms with Gasteiger partial charge in [-0.05, 0) is 23.0 Å². The zero-order valence-corrected chi connectivity index (χ0v) is 16.4. The average molecular weight is 383 g/mol. The molecular weight excluding hydrogens is 356 g/mol. The average Bonchev–Trinajstić information content (AvgIpc) is 3.20. The first-order valence-corrected chi connectivity index (χ1v) is 11.3. The van der Waals surface area contributed by atoms with Crippen molar-refractivity contribution < 1.29 is 8.42 Å². The van der Waals surface area contributed by atoms with Crippen LogP contribution in [0.1, 0.15) is 17.2 Å². The van der Waals surface area contributed by atoms with Gasteiger partial charge in [0.15, 0.2) is 0 Å². The molecule has 5 heteroatoms. The number of sulfonamides is 1. The minimum Gasteiger partial charge on any atom is -0.299 e. The van der Waals surface area contributed by atoms with Crippen molar-refractivity contribution in [3.05, 3.63) is 77.9 Å². The van der Waals surface area contributed by atoms with Gasteiger partial charge >= 0.3 is 0 Å². The summed E-state index contributed by atoms with van der Waals surface area (Å²) in [4.78, 5) is 2.45. The zero-order valence-electron chi connectivity index (χ0n) is 15.6. The van der Waals surface area contributed by atoms with Crippen molar-refractivity contribution in [1.29, 1.82) is 0 Å². The first-order valence-electron chi connectivity index (χ1n) is 9.48. The molecule has 0 radical (unpaired) electrons. The van der Waals surface area contributed by atoms with Crippen LogP contribution in [0.15, 0.2) is 66.7 Å². The Balaban J connectivity index is 1.48. The van der Waals surface area contributed by atoms with Crippen LogP contribution in [0.5, 0.6) is 0 Å². The van der Waals surface area contributed by atoms with Crippen LogP contribution in [-0.4, -0.2) is 50.1 Å². The molecule has 0 amide bonds. The summed E-state index contributed by atoms with van der Waals surface area (Å²) in [5.74, 6) is 0.752. The second-order valence-corrected chi connectivity index (χ2v) is 9.58. The van der Waals surface area contributed by atoms with E-state index in [0.29, 0.717) is 18.4 Å². The first-order chi connectivity index (χ1) is 13.0. The highest BCUT2D eigenvalue weighted by Gasteiger charge is 2.50. The van der Waals surface area contributed by atoms with E-state index in [9.17, 15) is 8.42 Å². The Kier molecular flexibility index (Phi) is 5.17. The van der Waals surface area contributed by atoms with E-state index in [1.165, 1.54) is 11.8 Å². The van der Waals surface area contributed by atoms with Crippen molar-refractivity contribution in [1.82, 2.24) is 9.21 Å². The fourth-order valence-electron chi connectivity index (χ4n) is 4.55. The van der Waals surface area contributed by atoms with Crippen LogP contribution in [-0.2, 0) is 10.0 Å². The molecule has 3 atom stereocenters. The maximum atomic E-state index is 12.4. The number of fused-ring (bicyclic) bond motifs is 1. The highest BCUT2D eigenvalue weighted by molar-refractivity contribution is 7.88. The second kappa shape index (κ2) is 7.58. The monoisotopic (exact) mass is 382 g/mol. The van der Waals surface area contributed by atoms with E-state index in [1.807, 2.05) is 36.4 Å². The van der Waals surface area contributed by atoms with E-state index >= 15 is 0 Å². The predicted octanol–water partition coefficient (Wildman–Crippen LogP) is 3.26. The molecule has 0 unspecified atom stereocenters. The summed E-state index contributed by atoms with van der Waals surface area (Å²) in [6, 6.07) is 20.4. The molecule has 2 heterocycles. The topological polar surface area (TPSA) is 40.6 Å².